The molecule has 3 aromatic heterocycles. The Balaban J connectivity index is 1.57. The van der Waals surface area contributed by atoms with E-state index >= 15 is 0 Å². The number of nitrogens with two attached hydrogens (primary N) is 1. The molecule has 2 N–H and O–H groups in total. The highest BCUT2D eigenvalue weighted by molar-refractivity contribution is 6.02. The Morgan fingerprint density at radius 3 is 2.64 bits per heavy atom. The number of fused-ring (bicyclic) bond motifs is 2. The predicted octanol–water partition coefficient (Wildman–Crippen LogP) is 4.36. The van der Waals surface area contributed by atoms with Crippen molar-refractivity contribution >= 4 is 27.6 Å². The summed E-state index contributed by atoms with van der Waals surface area (Å²) in [5.74, 6) is 0.497. The molecule has 2 aromatic carbocycles. The maximum Gasteiger partial charge on any atom is 0.145 e. The number of anilines is 1. The monoisotopic (exact) mass is 365 g/mol. The summed E-state index contributed by atoms with van der Waals surface area (Å²) in [6, 6.07) is 19.0. The number of aromatic nitrogens is 4. The van der Waals surface area contributed by atoms with Crippen LogP contribution in [0.3, 0.4) is 0 Å². The molecule has 0 aliphatic carbocycles. The molecule has 0 aliphatic heterocycles. The number of pyridine rings is 1. The summed E-state index contributed by atoms with van der Waals surface area (Å²) in [7, 11) is 1.97. The summed E-state index contributed by atoms with van der Waals surface area (Å²) in [5, 5.41) is 3.16. The molecule has 5 heteroatoms. The van der Waals surface area contributed by atoms with Crippen molar-refractivity contribution < 1.29 is 0 Å². The molecule has 0 spiro atoms. The van der Waals surface area contributed by atoms with Crippen molar-refractivity contribution in [2.24, 2.45) is 7.05 Å². The first-order chi connectivity index (χ1) is 13.7. The first kappa shape index (κ1) is 16.4. The molecule has 5 nitrogen and oxygen atoms in total. The third-order valence-corrected chi connectivity index (χ3v) is 5.10. The number of benzene rings is 2. The number of aryl methyl sites for hydroxylation is 1. The van der Waals surface area contributed by atoms with Crippen LogP contribution >= 0.6 is 0 Å². The maximum atomic E-state index is 6.14. The summed E-state index contributed by atoms with van der Waals surface area (Å²) in [6.45, 7) is 0. The Labute approximate surface area is 162 Å². The van der Waals surface area contributed by atoms with Crippen LogP contribution in [0.1, 0.15) is 11.3 Å². The summed E-state index contributed by atoms with van der Waals surface area (Å²) in [6.07, 6.45) is 6.33. The van der Waals surface area contributed by atoms with Crippen LogP contribution in [0.2, 0.25) is 0 Å². The van der Waals surface area contributed by atoms with Gasteiger partial charge in [0.15, 0.2) is 0 Å². The molecule has 0 radical (unpaired) electrons. The quantitative estimate of drug-likeness (QED) is 0.516. The second kappa shape index (κ2) is 6.46. The number of hydrogen-bond acceptors (Lipinski definition) is 4. The van der Waals surface area contributed by atoms with Crippen molar-refractivity contribution in [1.29, 1.82) is 0 Å². The third-order valence-electron chi connectivity index (χ3n) is 5.10. The topological polar surface area (TPSA) is 69.6 Å². The summed E-state index contributed by atoms with van der Waals surface area (Å²) < 4.78 is 1.98. The SMILES string of the molecule is Cn1cc(-c2ccc3cc(Cc4ccccc4)ncc3c2)c2c(N)ncnc21. The average molecular weight is 365 g/mol. The van der Waals surface area contributed by atoms with Crippen LogP contribution < -0.4 is 5.73 Å². The van der Waals surface area contributed by atoms with Gasteiger partial charge in [-0.1, -0.05) is 42.5 Å². The van der Waals surface area contributed by atoms with E-state index in [4.69, 9.17) is 5.73 Å². The molecule has 5 aromatic rings. The fourth-order valence-corrected chi connectivity index (χ4v) is 3.71. The van der Waals surface area contributed by atoms with E-state index in [2.05, 4.69) is 63.5 Å². The van der Waals surface area contributed by atoms with Gasteiger partial charge < -0.3 is 10.3 Å². The fourth-order valence-electron chi connectivity index (χ4n) is 3.71. The van der Waals surface area contributed by atoms with Gasteiger partial charge in [-0.05, 0) is 28.6 Å². The van der Waals surface area contributed by atoms with E-state index in [0.717, 1.165) is 39.7 Å². The maximum absolute atomic E-state index is 6.14. The van der Waals surface area contributed by atoms with Gasteiger partial charge in [-0.3, -0.25) is 4.98 Å². The van der Waals surface area contributed by atoms with Gasteiger partial charge in [-0.15, -0.1) is 0 Å². The Kier molecular flexibility index (Phi) is 3.79. The van der Waals surface area contributed by atoms with Crippen LogP contribution in [0, 0.1) is 0 Å². The largest absolute Gasteiger partial charge is 0.383 e. The van der Waals surface area contributed by atoms with Gasteiger partial charge in [0.25, 0.3) is 0 Å². The number of rotatable bonds is 3. The van der Waals surface area contributed by atoms with E-state index in [9.17, 15) is 0 Å². The second-order valence-electron chi connectivity index (χ2n) is 7.01. The lowest BCUT2D eigenvalue weighted by molar-refractivity contribution is 0.945. The highest BCUT2D eigenvalue weighted by Crippen LogP contribution is 2.33. The van der Waals surface area contributed by atoms with Gasteiger partial charge >= 0.3 is 0 Å². The molecule has 0 saturated carbocycles. The summed E-state index contributed by atoms with van der Waals surface area (Å²) in [5.41, 5.74) is 11.4. The molecule has 0 unspecified atom stereocenters. The van der Waals surface area contributed by atoms with Crippen LogP contribution in [0.5, 0.6) is 0 Å². The number of hydrogen-bond donors (Lipinski definition) is 1. The zero-order valence-corrected chi connectivity index (χ0v) is 15.5. The smallest absolute Gasteiger partial charge is 0.145 e. The third kappa shape index (κ3) is 2.77. The van der Waals surface area contributed by atoms with Crippen molar-refractivity contribution in [3.63, 3.8) is 0 Å². The normalized spacial score (nSPS) is 11.3. The zero-order chi connectivity index (χ0) is 19.1. The van der Waals surface area contributed by atoms with Crippen molar-refractivity contribution in [1.82, 2.24) is 19.5 Å². The summed E-state index contributed by atoms with van der Waals surface area (Å²) >= 11 is 0. The molecule has 0 fully saturated rings. The van der Waals surface area contributed by atoms with E-state index in [1.807, 2.05) is 30.1 Å². The molecular formula is C23H19N5. The van der Waals surface area contributed by atoms with Crippen LogP contribution in [-0.4, -0.2) is 19.5 Å². The molecule has 5 rings (SSSR count). The second-order valence-corrected chi connectivity index (χ2v) is 7.01. The minimum atomic E-state index is 0.497. The van der Waals surface area contributed by atoms with Gasteiger partial charge in [0, 0.05) is 42.5 Å². The molecule has 3 heterocycles. The Morgan fingerprint density at radius 1 is 0.929 bits per heavy atom. The van der Waals surface area contributed by atoms with Crippen LogP contribution in [-0.2, 0) is 13.5 Å². The Bertz CT molecular complexity index is 1310. The molecule has 0 saturated heterocycles. The lowest BCUT2D eigenvalue weighted by Gasteiger charge is -2.06. The van der Waals surface area contributed by atoms with Crippen molar-refractivity contribution in [3.8, 4) is 11.1 Å². The molecule has 0 bridgehead atoms. The lowest BCUT2D eigenvalue weighted by Crippen LogP contribution is -1.94. The molecule has 28 heavy (non-hydrogen) atoms. The highest BCUT2D eigenvalue weighted by Gasteiger charge is 2.13. The molecule has 0 atom stereocenters. The minimum Gasteiger partial charge on any atom is -0.383 e. The Morgan fingerprint density at radius 2 is 1.79 bits per heavy atom. The number of nitrogens with zero attached hydrogens (tertiary/aromatic N) is 4. The van der Waals surface area contributed by atoms with Crippen LogP contribution in [0.15, 0.2) is 73.3 Å². The Hall–Kier alpha value is -3.73. The molecule has 0 aliphatic rings. The van der Waals surface area contributed by atoms with Gasteiger partial charge in [0.2, 0.25) is 0 Å². The molecule has 136 valence electrons. The van der Waals surface area contributed by atoms with Crippen LogP contribution in [0.4, 0.5) is 5.82 Å². The van der Waals surface area contributed by atoms with E-state index in [0.29, 0.717) is 5.82 Å². The average Bonchev–Trinajstić information content (AvgIpc) is 3.06. The lowest BCUT2D eigenvalue weighted by atomic mass is 10.0. The van der Waals surface area contributed by atoms with E-state index in [1.165, 1.54) is 17.3 Å². The summed E-state index contributed by atoms with van der Waals surface area (Å²) in [4.78, 5) is 13.2. The van der Waals surface area contributed by atoms with Gasteiger partial charge in [-0.25, -0.2) is 9.97 Å². The van der Waals surface area contributed by atoms with Crippen molar-refractivity contribution in [3.05, 3.63) is 84.6 Å². The van der Waals surface area contributed by atoms with E-state index < -0.39 is 0 Å². The zero-order valence-electron chi connectivity index (χ0n) is 15.5. The van der Waals surface area contributed by atoms with Gasteiger partial charge in [0.05, 0.1) is 5.39 Å². The van der Waals surface area contributed by atoms with E-state index in [-0.39, 0.29) is 0 Å². The van der Waals surface area contributed by atoms with Crippen molar-refractivity contribution in [2.45, 2.75) is 6.42 Å². The van der Waals surface area contributed by atoms with E-state index in [1.54, 1.807) is 0 Å². The van der Waals surface area contributed by atoms with Gasteiger partial charge in [0.1, 0.15) is 17.8 Å². The molecular weight excluding hydrogens is 346 g/mol. The highest BCUT2D eigenvalue weighted by atomic mass is 15.0. The first-order valence-electron chi connectivity index (χ1n) is 9.17. The minimum absolute atomic E-state index is 0.497. The van der Waals surface area contributed by atoms with Crippen LogP contribution in [0.25, 0.3) is 32.9 Å². The van der Waals surface area contributed by atoms with Crippen molar-refractivity contribution in [2.75, 3.05) is 5.73 Å². The molecule has 0 amide bonds. The fraction of sp³-hybridized carbons (Fsp3) is 0.0870. The standard InChI is InChI=1S/C23H19N5/c1-28-13-20(21-22(24)26-14-27-23(21)28)17-8-7-16-11-19(25-12-18(16)10-17)9-15-5-3-2-4-6-15/h2-8,10-14H,9H2,1H3,(H2,24,26,27). The first-order valence-corrected chi connectivity index (χ1v) is 9.17. The number of nitrogen functional groups attached to an aromatic ring is 1. The van der Waals surface area contributed by atoms with Gasteiger partial charge in [-0.2, -0.15) is 0 Å². The predicted molar refractivity (Wildman–Crippen MR) is 113 cm³/mol.